The number of piperazine rings is 1. The molecule has 2 aliphatic rings. The van der Waals surface area contributed by atoms with Crippen LogP contribution in [-0.2, 0) is 15.7 Å². The lowest BCUT2D eigenvalue weighted by atomic mass is 10.0. The number of aromatic nitrogens is 4. The first kappa shape index (κ1) is 29.4. The zero-order chi connectivity index (χ0) is 30.0. The topological polar surface area (TPSA) is 123 Å². The summed E-state index contributed by atoms with van der Waals surface area (Å²) in [5.74, 6) is -1.15. The number of anilines is 2. The molecule has 2 fully saturated rings. The maximum Gasteiger partial charge on any atom is 0.418 e. The number of carbonyl (C=O) groups is 1. The van der Waals surface area contributed by atoms with Crippen molar-refractivity contribution in [2.45, 2.75) is 13.1 Å². The Hall–Kier alpha value is -4.11. The van der Waals surface area contributed by atoms with Gasteiger partial charge in [0.2, 0.25) is 5.91 Å². The Kier molecular flexibility index (Phi) is 8.41. The van der Waals surface area contributed by atoms with Crippen LogP contribution in [0.2, 0.25) is 0 Å². The predicted octanol–water partition coefficient (Wildman–Crippen LogP) is 2.68. The smallest absolute Gasteiger partial charge is 0.418 e. The molecule has 5 heterocycles. The third-order valence-electron chi connectivity index (χ3n) is 7.19. The Balaban J connectivity index is 1.40. The van der Waals surface area contributed by atoms with Gasteiger partial charge in [-0.1, -0.05) is 6.08 Å². The highest BCUT2D eigenvalue weighted by Gasteiger charge is 2.38. The lowest BCUT2D eigenvalue weighted by molar-refractivity contribution is -0.137. The van der Waals surface area contributed by atoms with Crippen molar-refractivity contribution in [3.63, 3.8) is 0 Å². The van der Waals surface area contributed by atoms with Crippen molar-refractivity contribution >= 4 is 28.4 Å². The molecule has 0 aliphatic carbocycles. The highest BCUT2D eigenvalue weighted by molar-refractivity contribution is 5.92. The van der Waals surface area contributed by atoms with E-state index in [1.54, 1.807) is 11.0 Å². The molecule has 0 spiro atoms. The van der Waals surface area contributed by atoms with Crippen molar-refractivity contribution < 1.29 is 31.8 Å². The van der Waals surface area contributed by atoms with Crippen LogP contribution < -0.4 is 15.4 Å². The van der Waals surface area contributed by atoms with Gasteiger partial charge in [-0.15, -0.1) is 0 Å². The van der Waals surface area contributed by atoms with Crippen molar-refractivity contribution in [3.05, 3.63) is 41.4 Å². The minimum absolute atomic E-state index is 0.115. The van der Waals surface area contributed by atoms with E-state index in [0.717, 1.165) is 19.2 Å². The Morgan fingerprint density at radius 2 is 1.81 bits per heavy atom. The Morgan fingerprint density at radius 3 is 2.48 bits per heavy atom. The average molecular weight is 591 g/mol. The van der Waals surface area contributed by atoms with Gasteiger partial charge in [0.05, 0.1) is 31.3 Å². The summed E-state index contributed by atoms with van der Waals surface area (Å²) in [5, 5.41) is 0.177. The fourth-order valence-corrected chi connectivity index (χ4v) is 5.08. The normalized spacial score (nSPS) is 16.9. The quantitative estimate of drug-likeness (QED) is 0.339. The van der Waals surface area contributed by atoms with Gasteiger partial charge < -0.3 is 25.0 Å². The summed E-state index contributed by atoms with van der Waals surface area (Å²) >= 11 is 0. The Bertz CT molecular complexity index is 1500. The molecule has 224 valence electrons. The Labute approximate surface area is 238 Å². The number of nitrogens with two attached hydrogens (primary N) is 1. The third kappa shape index (κ3) is 6.06. The molecule has 11 nitrogen and oxygen atoms in total. The van der Waals surface area contributed by atoms with Crippen LogP contribution in [0.3, 0.4) is 0 Å². The molecule has 0 unspecified atom stereocenters. The lowest BCUT2D eigenvalue weighted by Crippen LogP contribution is -2.48. The standard InChI is InChI=1S/C27H30F4N8O3/c1-16-14-18(32)34-23(20(16)27(29,30)31)24-21(28)22-17(15-33-24)25(36-26(35-22)41-2)39-8-6-38(7-9-39)19(40)4-3-5-37-10-12-42-13-11-37/h3-4,14-15H,5-13H2,1-2H3,(H2,32,34)/b4-3+. The number of methoxy groups -OCH3 is 1. The SMILES string of the molecule is COc1nc(N2CCN(C(=O)/C=C/CN3CCOCC3)CC2)c2cnc(-c3nc(N)cc(C)c3C(F)(F)F)c(F)c2n1. The molecular formula is C27H30F4N8O3. The number of nitrogens with zero attached hydrogens (tertiary/aromatic N) is 7. The average Bonchev–Trinajstić information content (AvgIpc) is 2.96. The maximum absolute atomic E-state index is 15.9. The van der Waals surface area contributed by atoms with Gasteiger partial charge in [-0.3, -0.25) is 14.7 Å². The predicted molar refractivity (Wildman–Crippen MR) is 146 cm³/mol. The highest BCUT2D eigenvalue weighted by atomic mass is 19.4. The van der Waals surface area contributed by atoms with E-state index in [4.69, 9.17) is 15.2 Å². The van der Waals surface area contributed by atoms with Crippen LogP contribution in [0.15, 0.2) is 24.4 Å². The van der Waals surface area contributed by atoms with Gasteiger partial charge in [0.1, 0.15) is 28.5 Å². The number of alkyl halides is 3. The second-order valence-electron chi connectivity index (χ2n) is 9.93. The van der Waals surface area contributed by atoms with Gasteiger partial charge in [0, 0.05) is 58.1 Å². The van der Waals surface area contributed by atoms with Crippen molar-refractivity contribution in [1.29, 1.82) is 0 Å². The number of nitrogen functional groups attached to an aromatic ring is 1. The molecule has 3 aromatic rings. The molecule has 0 saturated carbocycles. The van der Waals surface area contributed by atoms with Gasteiger partial charge in [-0.2, -0.15) is 23.1 Å². The summed E-state index contributed by atoms with van der Waals surface area (Å²) < 4.78 is 68.2. The first-order valence-corrected chi connectivity index (χ1v) is 13.3. The van der Waals surface area contributed by atoms with Gasteiger partial charge in [0.15, 0.2) is 5.82 Å². The minimum atomic E-state index is -4.83. The fourth-order valence-electron chi connectivity index (χ4n) is 5.08. The lowest BCUT2D eigenvalue weighted by Gasteiger charge is -2.35. The number of hydrogen-bond donors (Lipinski definition) is 1. The minimum Gasteiger partial charge on any atom is -0.467 e. The Morgan fingerprint density at radius 1 is 1.10 bits per heavy atom. The largest absolute Gasteiger partial charge is 0.467 e. The van der Waals surface area contributed by atoms with E-state index < -0.39 is 28.9 Å². The number of carbonyl (C=O) groups excluding carboxylic acids is 1. The number of hydrogen-bond acceptors (Lipinski definition) is 10. The molecule has 1 amide bonds. The molecular weight excluding hydrogens is 560 g/mol. The van der Waals surface area contributed by atoms with E-state index in [1.807, 2.05) is 11.0 Å². The van der Waals surface area contributed by atoms with Gasteiger partial charge in [0.25, 0.3) is 0 Å². The van der Waals surface area contributed by atoms with E-state index >= 15 is 4.39 Å². The molecule has 15 heteroatoms. The third-order valence-corrected chi connectivity index (χ3v) is 7.19. The maximum atomic E-state index is 15.9. The first-order valence-electron chi connectivity index (χ1n) is 13.3. The summed E-state index contributed by atoms with van der Waals surface area (Å²) in [5.41, 5.74) is 2.72. The summed E-state index contributed by atoms with van der Waals surface area (Å²) in [6.07, 6.45) is -0.201. The molecule has 0 bridgehead atoms. The molecule has 2 N–H and O–H groups in total. The zero-order valence-electron chi connectivity index (χ0n) is 23.1. The van der Waals surface area contributed by atoms with Crippen LogP contribution in [0, 0.1) is 12.7 Å². The van der Waals surface area contributed by atoms with Gasteiger partial charge in [-0.05, 0) is 18.6 Å². The second-order valence-corrected chi connectivity index (χ2v) is 9.93. The molecule has 0 atom stereocenters. The molecule has 42 heavy (non-hydrogen) atoms. The summed E-state index contributed by atoms with van der Waals surface area (Å²) in [4.78, 5) is 34.8. The monoisotopic (exact) mass is 590 g/mol. The molecule has 2 saturated heterocycles. The number of halogens is 4. The van der Waals surface area contributed by atoms with E-state index in [0.29, 0.717) is 45.9 Å². The number of morpholine rings is 1. The summed E-state index contributed by atoms with van der Waals surface area (Å²) in [7, 11) is 1.30. The van der Waals surface area contributed by atoms with Crippen molar-refractivity contribution in [1.82, 2.24) is 29.7 Å². The molecule has 3 aromatic heterocycles. The highest BCUT2D eigenvalue weighted by Crippen LogP contribution is 2.40. The first-order chi connectivity index (χ1) is 20.1. The van der Waals surface area contributed by atoms with Gasteiger partial charge >= 0.3 is 12.2 Å². The van der Waals surface area contributed by atoms with Crippen molar-refractivity contribution in [2.24, 2.45) is 0 Å². The fraction of sp³-hybridized carbons (Fsp3) is 0.444. The van der Waals surface area contributed by atoms with Crippen LogP contribution in [0.4, 0.5) is 29.2 Å². The van der Waals surface area contributed by atoms with E-state index in [2.05, 4.69) is 24.8 Å². The number of rotatable bonds is 6. The van der Waals surface area contributed by atoms with Crippen LogP contribution in [-0.4, -0.2) is 102 Å². The van der Waals surface area contributed by atoms with E-state index in [-0.39, 0.29) is 40.0 Å². The number of ether oxygens (including phenoxy) is 2. The van der Waals surface area contributed by atoms with Crippen LogP contribution >= 0.6 is 0 Å². The van der Waals surface area contributed by atoms with E-state index in [1.165, 1.54) is 20.2 Å². The number of pyridine rings is 2. The van der Waals surface area contributed by atoms with Crippen LogP contribution in [0.1, 0.15) is 11.1 Å². The molecule has 5 rings (SSSR count). The summed E-state index contributed by atoms with van der Waals surface area (Å²) in [6, 6.07) is 0.893. The number of amides is 1. The molecule has 0 aromatic carbocycles. The van der Waals surface area contributed by atoms with Crippen LogP contribution in [0.25, 0.3) is 22.3 Å². The van der Waals surface area contributed by atoms with E-state index in [9.17, 15) is 18.0 Å². The zero-order valence-corrected chi connectivity index (χ0v) is 23.1. The van der Waals surface area contributed by atoms with Gasteiger partial charge in [-0.25, -0.2) is 9.37 Å². The number of aryl methyl sites for hydroxylation is 1. The second kappa shape index (κ2) is 12.0. The molecule has 0 radical (unpaired) electrons. The van der Waals surface area contributed by atoms with Crippen LogP contribution in [0.5, 0.6) is 6.01 Å². The number of fused-ring (bicyclic) bond motifs is 1. The van der Waals surface area contributed by atoms with Crippen molar-refractivity contribution in [3.8, 4) is 17.4 Å². The van der Waals surface area contributed by atoms with Crippen molar-refractivity contribution in [2.75, 3.05) is 76.8 Å². The summed E-state index contributed by atoms with van der Waals surface area (Å²) in [6.45, 7) is 6.39. The molecule has 2 aliphatic heterocycles.